The Labute approximate surface area is 126 Å². The third kappa shape index (κ3) is 4.86. The Balaban J connectivity index is 2.86. The SMILES string of the molecule is CCN(CC)C(=O)CNc1cc(NN)nc(C(C)(C)C)n1. The maximum absolute atomic E-state index is 12.0. The molecule has 0 saturated heterocycles. The van der Waals surface area contributed by atoms with Gasteiger partial charge in [0.15, 0.2) is 0 Å². The maximum Gasteiger partial charge on any atom is 0.241 e. The van der Waals surface area contributed by atoms with Gasteiger partial charge in [0.05, 0.1) is 6.54 Å². The molecular formula is C14H26N6O. The zero-order valence-electron chi connectivity index (χ0n) is 13.5. The van der Waals surface area contributed by atoms with Crippen LogP contribution in [0.1, 0.15) is 40.4 Å². The number of rotatable bonds is 6. The van der Waals surface area contributed by atoms with Gasteiger partial charge in [0.1, 0.15) is 17.5 Å². The third-order valence-corrected chi connectivity index (χ3v) is 3.08. The summed E-state index contributed by atoms with van der Waals surface area (Å²) < 4.78 is 0. The maximum atomic E-state index is 12.0. The summed E-state index contributed by atoms with van der Waals surface area (Å²) in [5, 5.41) is 3.04. The molecule has 0 unspecified atom stereocenters. The minimum atomic E-state index is -0.202. The minimum absolute atomic E-state index is 0.0400. The van der Waals surface area contributed by atoms with Gasteiger partial charge in [-0.2, -0.15) is 0 Å². The second kappa shape index (κ2) is 7.21. The first-order valence-electron chi connectivity index (χ1n) is 7.19. The molecule has 1 rings (SSSR count). The molecule has 0 bridgehead atoms. The number of hydrogen-bond acceptors (Lipinski definition) is 6. The van der Waals surface area contributed by atoms with Gasteiger partial charge in [0.2, 0.25) is 5.91 Å². The molecule has 7 nitrogen and oxygen atoms in total. The number of likely N-dealkylation sites (N-methyl/N-ethyl adjacent to an activating group) is 1. The molecule has 0 aromatic carbocycles. The number of amides is 1. The average molecular weight is 294 g/mol. The lowest BCUT2D eigenvalue weighted by Crippen LogP contribution is -2.35. The Morgan fingerprint density at radius 2 is 1.81 bits per heavy atom. The molecule has 0 fully saturated rings. The van der Waals surface area contributed by atoms with E-state index in [4.69, 9.17) is 5.84 Å². The van der Waals surface area contributed by atoms with Crippen molar-refractivity contribution < 1.29 is 4.79 Å². The molecule has 0 saturated carbocycles. The van der Waals surface area contributed by atoms with E-state index in [-0.39, 0.29) is 17.9 Å². The topological polar surface area (TPSA) is 96.2 Å². The molecule has 1 amide bonds. The summed E-state index contributed by atoms with van der Waals surface area (Å²) in [6, 6.07) is 1.69. The fourth-order valence-electron chi connectivity index (χ4n) is 1.80. The molecule has 0 aliphatic carbocycles. The highest BCUT2D eigenvalue weighted by Crippen LogP contribution is 2.21. The zero-order valence-corrected chi connectivity index (χ0v) is 13.5. The standard InChI is InChI=1S/C14H26N6O/c1-6-20(7-2)12(21)9-16-10-8-11(19-15)18-13(17-10)14(3,4)5/h8H,6-7,9,15H2,1-5H3,(H2,16,17,18,19). The highest BCUT2D eigenvalue weighted by molar-refractivity contribution is 5.80. The summed E-state index contributed by atoms with van der Waals surface area (Å²) >= 11 is 0. The number of carbonyl (C=O) groups is 1. The van der Waals surface area contributed by atoms with E-state index < -0.39 is 0 Å². The van der Waals surface area contributed by atoms with Crippen molar-refractivity contribution in [3.8, 4) is 0 Å². The summed E-state index contributed by atoms with van der Waals surface area (Å²) in [6.45, 7) is 11.6. The van der Waals surface area contributed by atoms with Crippen LogP contribution in [-0.4, -0.2) is 40.4 Å². The van der Waals surface area contributed by atoms with Gasteiger partial charge in [-0.15, -0.1) is 0 Å². The zero-order chi connectivity index (χ0) is 16.0. The van der Waals surface area contributed by atoms with Gasteiger partial charge < -0.3 is 15.6 Å². The number of nitrogens with zero attached hydrogens (tertiary/aromatic N) is 3. The van der Waals surface area contributed by atoms with Crippen molar-refractivity contribution in [2.75, 3.05) is 30.4 Å². The molecule has 21 heavy (non-hydrogen) atoms. The summed E-state index contributed by atoms with van der Waals surface area (Å²) in [6.07, 6.45) is 0. The minimum Gasteiger partial charge on any atom is -0.361 e. The largest absolute Gasteiger partial charge is 0.361 e. The van der Waals surface area contributed by atoms with E-state index in [1.807, 2.05) is 34.6 Å². The van der Waals surface area contributed by atoms with E-state index in [1.54, 1.807) is 11.0 Å². The van der Waals surface area contributed by atoms with Crippen LogP contribution in [0, 0.1) is 0 Å². The average Bonchev–Trinajstić information content (AvgIpc) is 2.45. The van der Waals surface area contributed by atoms with Crippen LogP contribution in [0.3, 0.4) is 0 Å². The van der Waals surface area contributed by atoms with Gasteiger partial charge in [-0.1, -0.05) is 20.8 Å². The molecular weight excluding hydrogens is 268 g/mol. The van der Waals surface area contributed by atoms with Crippen LogP contribution in [0.25, 0.3) is 0 Å². The van der Waals surface area contributed by atoms with E-state index in [9.17, 15) is 4.79 Å². The van der Waals surface area contributed by atoms with Gasteiger partial charge in [0.25, 0.3) is 0 Å². The normalized spacial score (nSPS) is 11.1. The number of nitrogens with two attached hydrogens (primary N) is 1. The summed E-state index contributed by atoms with van der Waals surface area (Å²) in [7, 11) is 0. The number of hydrogen-bond donors (Lipinski definition) is 3. The van der Waals surface area contributed by atoms with Gasteiger partial charge in [-0.25, -0.2) is 15.8 Å². The molecule has 1 aromatic heterocycles. The fourth-order valence-corrected chi connectivity index (χ4v) is 1.80. The van der Waals surface area contributed by atoms with Crippen molar-refractivity contribution in [1.29, 1.82) is 0 Å². The molecule has 0 aliphatic heterocycles. The van der Waals surface area contributed by atoms with Crippen LogP contribution in [-0.2, 0) is 10.2 Å². The first kappa shape index (κ1) is 17.2. The quantitative estimate of drug-likeness (QED) is 0.541. The number of aromatic nitrogens is 2. The van der Waals surface area contributed by atoms with E-state index in [0.717, 1.165) is 0 Å². The van der Waals surface area contributed by atoms with Crippen molar-refractivity contribution in [3.63, 3.8) is 0 Å². The molecule has 0 aliphatic rings. The molecule has 0 spiro atoms. The van der Waals surface area contributed by atoms with Crippen LogP contribution in [0.5, 0.6) is 0 Å². The first-order chi connectivity index (χ1) is 9.81. The molecule has 0 radical (unpaired) electrons. The number of hydrazine groups is 1. The van der Waals surface area contributed by atoms with E-state index >= 15 is 0 Å². The van der Waals surface area contributed by atoms with Gasteiger partial charge in [-0.3, -0.25) is 4.79 Å². The van der Waals surface area contributed by atoms with Crippen molar-refractivity contribution in [2.24, 2.45) is 5.84 Å². The molecule has 1 heterocycles. The van der Waals surface area contributed by atoms with Gasteiger partial charge >= 0.3 is 0 Å². The fraction of sp³-hybridized carbons (Fsp3) is 0.643. The Hall–Kier alpha value is -1.89. The Bertz CT molecular complexity index is 479. The van der Waals surface area contributed by atoms with Crippen molar-refractivity contribution in [1.82, 2.24) is 14.9 Å². The predicted octanol–water partition coefficient (Wildman–Crippen LogP) is 1.34. The number of nitrogens with one attached hydrogen (secondary N) is 2. The lowest BCUT2D eigenvalue weighted by molar-refractivity contribution is -0.128. The van der Waals surface area contributed by atoms with Crippen LogP contribution >= 0.6 is 0 Å². The van der Waals surface area contributed by atoms with Crippen LogP contribution in [0.15, 0.2) is 6.07 Å². The third-order valence-electron chi connectivity index (χ3n) is 3.08. The summed E-state index contributed by atoms with van der Waals surface area (Å²) in [5.41, 5.74) is 2.32. The summed E-state index contributed by atoms with van der Waals surface area (Å²) in [5.74, 6) is 7.25. The van der Waals surface area contributed by atoms with Gasteiger partial charge in [-0.05, 0) is 13.8 Å². The number of anilines is 2. The van der Waals surface area contributed by atoms with E-state index in [0.29, 0.717) is 30.5 Å². The van der Waals surface area contributed by atoms with Crippen molar-refractivity contribution in [2.45, 2.75) is 40.0 Å². The molecule has 4 N–H and O–H groups in total. The highest BCUT2D eigenvalue weighted by Gasteiger charge is 2.19. The smallest absolute Gasteiger partial charge is 0.241 e. The van der Waals surface area contributed by atoms with E-state index in [1.165, 1.54) is 0 Å². The predicted molar refractivity (Wildman–Crippen MR) is 85.0 cm³/mol. The number of nitrogen functional groups attached to an aromatic ring is 1. The lowest BCUT2D eigenvalue weighted by atomic mass is 9.96. The Kier molecular flexibility index (Phi) is 5.90. The molecule has 118 valence electrons. The second-order valence-corrected chi connectivity index (χ2v) is 5.78. The van der Waals surface area contributed by atoms with E-state index in [2.05, 4.69) is 20.7 Å². The Morgan fingerprint density at radius 1 is 1.24 bits per heavy atom. The highest BCUT2D eigenvalue weighted by atomic mass is 16.2. The molecule has 1 aromatic rings. The second-order valence-electron chi connectivity index (χ2n) is 5.78. The molecule has 7 heteroatoms. The van der Waals surface area contributed by atoms with Crippen LogP contribution < -0.4 is 16.6 Å². The van der Waals surface area contributed by atoms with Crippen LogP contribution in [0.4, 0.5) is 11.6 Å². The first-order valence-corrected chi connectivity index (χ1v) is 7.19. The van der Waals surface area contributed by atoms with Gasteiger partial charge in [0, 0.05) is 24.6 Å². The van der Waals surface area contributed by atoms with Crippen molar-refractivity contribution in [3.05, 3.63) is 11.9 Å². The summed E-state index contributed by atoms with van der Waals surface area (Å²) in [4.78, 5) is 22.5. The molecule has 0 atom stereocenters. The Morgan fingerprint density at radius 3 is 2.29 bits per heavy atom. The number of carbonyl (C=O) groups excluding carboxylic acids is 1. The monoisotopic (exact) mass is 294 g/mol. The lowest BCUT2D eigenvalue weighted by Gasteiger charge is -2.20. The van der Waals surface area contributed by atoms with Crippen molar-refractivity contribution >= 4 is 17.5 Å². The van der Waals surface area contributed by atoms with Crippen LogP contribution in [0.2, 0.25) is 0 Å².